The number of rotatable bonds is 5. The summed E-state index contributed by atoms with van der Waals surface area (Å²) in [7, 11) is 0. The molecule has 5 nitrogen and oxygen atoms in total. The monoisotopic (exact) mass is 350 g/mol. The highest BCUT2D eigenvalue weighted by atomic mass is 79.9. The van der Waals surface area contributed by atoms with Gasteiger partial charge in [0.05, 0.1) is 5.56 Å². The van der Waals surface area contributed by atoms with E-state index in [4.69, 9.17) is 20.8 Å². The molecule has 2 aromatic carbocycles. The fraction of sp³-hybridized carbons (Fsp3) is 0.133. The van der Waals surface area contributed by atoms with Crippen LogP contribution < -0.4 is 10.5 Å². The molecular weight excluding hydrogens is 336 g/mol. The predicted molar refractivity (Wildman–Crippen MR) is 84.0 cm³/mol. The van der Waals surface area contributed by atoms with Gasteiger partial charge in [0.1, 0.15) is 11.5 Å². The summed E-state index contributed by atoms with van der Waals surface area (Å²) in [4.78, 5) is 0. The van der Waals surface area contributed by atoms with Gasteiger partial charge in [-0.2, -0.15) is 0 Å². The van der Waals surface area contributed by atoms with E-state index >= 15 is 0 Å². The number of oxime groups is 1. The minimum absolute atomic E-state index is 0.0304. The molecule has 0 unspecified atom stereocenters. The number of nitrogens with zero attached hydrogens (tertiary/aromatic N) is 1. The van der Waals surface area contributed by atoms with E-state index in [9.17, 15) is 0 Å². The molecule has 0 spiro atoms. The molecule has 0 radical (unpaired) electrons. The Balaban J connectivity index is 2.42. The molecule has 4 N–H and O–H groups in total. The first-order valence-electron chi connectivity index (χ1n) is 6.29. The van der Waals surface area contributed by atoms with Gasteiger partial charge in [0.2, 0.25) is 0 Å². The summed E-state index contributed by atoms with van der Waals surface area (Å²) in [6.07, 6.45) is 0.489. The molecule has 0 amide bonds. The maximum Gasteiger partial charge on any atom is 0.173 e. The molecule has 21 heavy (non-hydrogen) atoms. The lowest BCUT2D eigenvalue weighted by molar-refractivity contribution is 0.298. The number of ether oxygens (including phenoxy) is 1. The first-order valence-corrected chi connectivity index (χ1v) is 7.09. The second-order valence-electron chi connectivity index (χ2n) is 4.31. The summed E-state index contributed by atoms with van der Waals surface area (Å²) in [5.41, 5.74) is 7.03. The SMILES string of the molecule is N/C(=N/O)c1ccc(Br)cc1Oc1ccccc1CCO. The molecule has 0 aliphatic carbocycles. The van der Waals surface area contributed by atoms with Crippen LogP contribution >= 0.6 is 15.9 Å². The summed E-state index contributed by atoms with van der Waals surface area (Å²) in [5, 5.41) is 21.0. The zero-order valence-electron chi connectivity index (χ0n) is 11.2. The average Bonchev–Trinajstić information content (AvgIpc) is 2.49. The molecule has 0 bridgehead atoms. The third-order valence-corrected chi connectivity index (χ3v) is 3.39. The van der Waals surface area contributed by atoms with Crippen LogP contribution in [-0.2, 0) is 6.42 Å². The van der Waals surface area contributed by atoms with Gasteiger partial charge < -0.3 is 20.8 Å². The maximum atomic E-state index is 9.10. The molecule has 0 fully saturated rings. The Labute approximate surface area is 130 Å². The first kappa shape index (κ1) is 15.3. The second kappa shape index (κ2) is 7.10. The van der Waals surface area contributed by atoms with E-state index < -0.39 is 0 Å². The molecule has 0 saturated heterocycles. The van der Waals surface area contributed by atoms with Crippen LogP contribution in [0.4, 0.5) is 0 Å². The molecule has 110 valence electrons. The Morgan fingerprint density at radius 1 is 1.19 bits per heavy atom. The molecule has 2 rings (SSSR count). The summed E-state index contributed by atoms with van der Waals surface area (Å²) >= 11 is 3.37. The van der Waals surface area contributed by atoms with Crippen LogP contribution in [0.1, 0.15) is 11.1 Å². The number of hydrogen-bond acceptors (Lipinski definition) is 4. The fourth-order valence-electron chi connectivity index (χ4n) is 1.89. The molecular formula is C15H15BrN2O3. The predicted octanol–water partition coefficient (Wildman–Crippen LogP) is 2.87. The topological polar surface area (TPSA) is 88.1 Å². The van der Waals surface area contributed by atoms with Crippen LogP contribution in [0.5, 0.6) is 11.5 Å². The van der Waals surface area contributed by atoms with E-state index in [1.54, 1.807) is 18.2 Å². The van der Waals surface area contributed by atoms with Crippen LogP contribution in [0.25, 0.3) is 0 Å². The van der Waals surface area contributed by atoms with Gasteiger partial charge in [-0.1, -0.05) is 39.3 Å². The van der Waals surface area contributed by atoms with Gasteiger partial charge in [-0.05, 0) is 36.2 Å². The third kappa shape index (κ3) is 3.74. The zero-order valence-corrected chi connectivity index (χ0v) is 12.7. The Morgan fingerprint density at radius 3 is 2.67 bits per heavy atom. The Kier molecular flexibility index (Phi) is 5.19. The van der Waals surface area contributed by atoms with Crippen LogP contribution in [0, 0.1) is 0 Å². The Morgan fingerprint density at radius 2 is 1.95 bits per heavy atom. The van der Waals surface area contributed by atoms with Gasteiger partial charge >= 0.3 is 0 Å². The van der Waals surface area contributed by atoms with Crippen molar-refractivity contribution in [3.05, 3.63) is 58.1 Å². The lowest BCUT2D eigenvalue weighted by Gasteiger charge is -2.13. The standard InChI is InChI=1S/C15H15BrN2O3/c16-11-5-6-12(15(17)18-20)14(9-11)21-13-4-2-1-3-10(13)7-8-19/h1-6,9,19-20H,7-8H2,(H2,17,18). The molecule has 0 atom stereocenters. The lowest BCUT2D eigenvalue weighted by atomic mass is 10.1. The van der Waals surface area contributed by atoms with Gasteiger partial charge in [0.15, 0.2) is 5.84 Å². The van der Waals surface area contributed by atoms with Crippen molar-refractivity contribution < 1.29 is 15.1 Å². The Hall–Kier alpha value is -2.05. The van der Waals surface area contributed by atoms with Crippen molar-refractivity contribution in [1.29, 1.82) is 0 Å². The molecule has 2 aromatic rings. The largest absolute Gasteiger partial charge is 0.456 e. The van der Waals surface area contributed by atoms with Crippen LogP contribution in [-0.4, -0.2) is 22.8 Å². The van der Waals surface area contributed by atoms with Gasteiger partial charge in [0.25, 0.3) is 0 Å². The zero-order chi connectivity index (χ0) is 15.2. The van der Waals surface area contributed by atoms with E-state index in [0.717, 1.165) is 10.0 Å². The summed E-state index contributed by atoms with van der Waals surface area (Å²) < 4.78 is 6.70. The summed E-state index contributed by atoms with van der Waals surface area (Å²) in [6.45, 7) is 0.0337. The summed E-state index contributed by atoms with van der Waals surface area (Å²) in [5.74, 6) is 1.05. The highest BCUT2D eigenvalue weighted by molar-refractivity contribution is 9.10. The summed E-state index contributed by atoms with van der Waals surface area (Å²) in [6, 6.07) is 12.6. The van der Waals surface area contributed by atoms with Gasteiger partial charge in [-0.3, -0.25) is 0 Å². The maximum absolute atomic E-state index is 9.10. The Bertz CT molecular complexity index is 659. The number of hydrogen-bond donors (Lipinski definition) is 3. The van der Waals surface area contributed by atoms with E-state index in [1.165, 1.54) is 0 Å². The molecule has 0 aromatic heterocycles. The number of halogens is 1. The van der Waals surface area contributed by atoms with E-state index in [0.29, 0.717) is 23.5 Å². The quantitative estimate of drug-likeness (QED) is 0.335. The number of benzene rings is 2. The highest BCUT2D eigenvalue weighted by Crippen LogP contribution is 2.30. The third-order valence-electron chi connectivity index (χ3n) is 2.90. The lowest BCUT2D eigenvalue weighted by Crippen LogP contribution is -2.14. The fourth-order valence-corrected chi connectivity index (χ4v) is 2.24. The van der Waals surface area contributed by atoms with Crippen molar-refractivity contribution >= 4 is 21.8 Å². The van der Waals surface area contributed by atoms with Gasteiger partial charge in [0, 0.05) is 11.1 Å². The molecule has 0 aliphatic rings. The van der Waals surface area contributed by atoms with Crippen LogP contribution in [0.2, 0.25) is 0 Å². The average molecular weight is 351 g/mol. The highest BCUT2D eigenvalue weighted by Gasteiger charge is 2.12. The minimum atomic E-state index is -0.0304. The van der Waals surface area contributed by atoms with Crippen molar-refractivity contribution in [2.75, 3.05) is 6.61 Å². The molecule has 0 aliphatic heterocycles. The van der Waals surface area contributed by atoms with Gasteiger partial charge in [-0.15, -0.1) is 0 Å². The number of aliphatic hydroxyl groups is 1. The van der Waals surface area contributed by atoms with Crippen molar-refractivity contribution in [1.82, 2.24) is 0 Å². The van der Waals surface area contributed by atoms with Crippen molar-refractivity contribution in [3.8, 4) is 11.5 Å². The number of amidine groups is 1. The minimum Gasteiger partial charge on any atom is -0.456 e. The normalized spacial score (nSPS) is 11.4. The van der Waals surface area contributed by atoms with E-state index in [2.05, 4.69) is 21.1 Å². The van der Waals surface area contributed by atoms with Crippen LogP contribution in [0.3, 0.4) is 0 Å². The first-order chi connectivity index (χ1) is 10.2. The van der Waals surface area contributed by atoms with Crippen molar-refractivity contribution in [2.45, 2.75) is 6.42 Å². The van der Waals surface area contributed by atoms with Crippen molar-refractivity contribution in [2.24, 2.45) is 10.9 Å². The van der Waals surface area contributed by atoms with Gasteiger partial charge in [-0.25, -0.2) is 0 Å². The molecule has 0 heterocycles. The number of para-hydroxylation sites is 1. The van der Waals surface area contributed by atoms with Crippen LogP contribution in [0.15, 0.2) is 52.1 Å². The molecule has 0 saturated carbocycles. The number of aliphatic hydroxyl groups excluding tert-OH is 1. The van der Waals surface area contributed by atoms with Crippen molar-refractivity contribution in [3.63, 3.8) is 0 Å². The smallest absolute Gasteiger partial charge is 0.173 e. The van der Waals surface area contributed by atoms with E-state index in [-0.39, 0.29) is 12.4 Å². The molecule has 6 heteroatoms. The van der Waals surface area contributed by atoms with E-state index in [1.807, 2.05) is 24.3 Å². The second-order valence-corrected chi connectivity index (χ2v) is 5.22. The number of nitrogens with two attached hydrogens (primary N) is 1.